The first-order valence-electron chi connectivity index (χ1n) is 10.4. The highest BCUT2D eigenvalue weighted by Gasteiger charge is 2.21. The molecular weight excluding hydrogens is 460 g/mol. The van der Waals surface area contributed by atoms with E-state index in [0.29, 0.717) is 11.3 Å². The zero-order valence-electron chi connectivity index (χ0n) is 17.9. The summed E-state index contributed by atoms with van der Waals surface area (Å²) in [6, 6.07) is 8.06. The molecule has 0 atom stereocenters. The lowest BCUT2D eigenvalue weighted by atomic mass is 9.96. The molecule has 2 aromatic heterocycles. The fourth-order valence-corrected chi connectivity index (χ4v) is 5.71. The Morgan fingerprint density at radius 3 is 2.55 bits per heavy atom. The van der Waals surface area contributed by atoms with Crippen molar-refractivity contribution in [1.29, 1.82) is 5.26 Å². The Kier molecular flexibility index (Phi) is 6.57. The van der Waals surface area contributed by atoms with Crippen LogP contribution in [0.15, 0.2) is 41.6 Å². The third kappa shape index (κ3) is 5.30. The summed E-state index contributed by atoms with van der Waals surface area (Å²) in [6.07, 6.45) is 7.12. The van der Waals surface area contributed by atoms with Gasteiger partial charge in [-0.3, -0.25) is 4.79 Å². The lowest BCUT2D eigenvalue weighted by Crippen LogP contribution is -2.21. The third-order valence-electron chi connectivity index (χ3n) is 5.15. The van der Waals surface area contributed by atoms with Crippen LogP contribution in [0.4, 0.5) is 16.6 Å². The second-order valence-corrected chi connectivity index (χ2v) is 10.4. The van der Waals surface area contributed by atoms with E-state index in [9.17, 15) is 18.5 Å². The number of anilines is 3. The average Bonchev–Trinajstić information content (AvgIpc) is 3.17. The first-order chi connectivity index (χ1) is 15.9. The number of hydrogen-bond donors (Lipinski definition) is 3. The number of fused-ring (bicyclic) bond motifs is 1. The van der Waals surface area contributed by atoms with Gasteiger partial charge in [0.15, 0.2) is 0 Å². The summed E-state index contributed by atoms with van der Waals surface area (Å²) < 4.78 is 27.3. The van der Waals surface area contributed by atoms with Crippen molar-refractivity contribution in [3.05, 3.63) is 58.2 Å². The SMILES string of the molecule is Cc1cnc(NS(=O)(=O)c2ccc(NC(=O)CNc3sc4c(c3C#N)CCCC4)cc2)nc1. The first-order valence-corrected chi connectivity index (χ1v) is 12.7. The molecule has 0 bridgehead atoms. The molecule has 1 aliphatic rings. The fourth-order valence-electron chi connectivity index (χ4n) is 3.52. The molecule has 0 fully saturated rings. The van der Waals surface area contributed by atoms with Crippen LogP contribution < -0.4 is 15.4 Å². The average molecular weight is 483 g/mol. The molecule has 170 valence electrons. The number of sulfonamides is 1. The van der Waals surface area contributed by atoms with Crippen molar-refractivity contribution in [1.82, 2.24) is 9.97 Å². The molecular formula is C22H22N6O3S2. The minimum absolute atomic E-state index is 0.000438. The molecule has 1 amide bonds. The highest BCUT2D eigenvalue weighted by Crippen LogP contribution is 2.37. The second-order valence-electron chi connectivity index (χ2n) is 7.64. The lowest BCUT2D eigenvalue weighted by molar-refractivity contribution is -0.114. The van der Waals surface area contributed by atoms with Gasteiger partial charge in [-0.25, -0.2) is 23.1 Å². The number of benzene rings is 1. The van der Waals surface area contributed by atoms with Gasteiger partial charge in [0.25, 0.3) is 10.0 Å². The Bertz CT molecular complexity index is 1310. The number of thiophene rings is 1. The van der Waals surface area contributed by atoms with E-state index in [2.05, 4.69) is 31.4 Å². The van der Waals surface area contributed by atoms with Gasteiger partial charge in [0.1, 0.15) is 11.1 Å². The smallest absolute Gasteiger partial charge is 0.264 e. The van der Waals surface area contributed by atoms with Gasteiger partial charge < -0.3 is 10.6 Å². The third-order valence-corrected chi connectivity index (χ3v) is 7.74. The van der Waals surface area contributed by atoms with Crippen LogP contribution in [0.25, 0.3) is 0 Å². The predicted molar refractivity (Wildman–Crippen MR) is 127 cm³/mol. The fraction of sp³-hybridized carbons (Fsp3) is 0.273. The van der Waals surface area contributed by atoms with E-state index in [-0.39, 0.29) is 23.3 Å². The largest absolute Gasteiger partial charge is 0.367 e. The van der Waals surface area contributed by atoms with Crippen LogP contribution in [-0.4, -0.2) is 30.8 Å². The highest BCUT2D eigenvalue weighted by atomic mass is 32.2. The number of amides is 1. The number of nitrogens with one attached hydrogen (secondary N) is 3. The van der Waals surface area contributed by atoms with Gasteiger partial charge in [-0.2, -0.15) is 5.26 Å². The molecule has 0 unspecified atom stereocenters. The van der Waals surface area contributed by atoms with E-state index >= 15 is 0 Å². The summed E-state index contributed by atoms with van der Waals surface area (Å²) in [6.45, 7) is 1.80. The predicted octanol–water partition coefficient (Wildman–Crippen LogP) is 3.45. The molecule has 4 rings (SSSR count). The molecule has 3 N–H and O–H groups in total. The first kappa shape index (κ1) is 22.7. The maximum atomic E-state index is 12.5. The molecule has 0 aliphatic heterocycles. The minimum atomic E-state index is -3.86. The minimum Gasteiger partial charge on any atom is -0.367 e. The van der Waals surface area contributed by atoms with Gasteiger partial charge >= 0.3 is 0 Å². The zero-order chi connectivity index (χ0) is 23.4. The van der Waals surface area contributed by atoms with E-state index in [4.69, 9.17) is 0 Å². The van der Waals surface area contributed by atoms with E-state index in [1.165, 1.54) is 41.5 Å². The Hall–Kier alpha value is -3.49. The van der Waals surface area contributed by atoms with E-state index in [1.54, 1.807) is 18.3 Å². The van der Waals surface area contributed by atoms with Crippen molar-refractivity contribution in [2.45, 2.75) is 37.5 Å². The molecule has 0 saturated carbocycles. The van der Waals surface area contributed by atoms with Gasteiger partial charge in [-0.1, -0.05) is 0 Å². The number of aromatic nitrogens is 2. The number of rotatable bonds is 7. The summed E-state index contributed by atoms with van der Waals surface area (Å²) >= 11 is 1.54. The topological polar surface area (TPSA) is 137 Å². The molecule has 3 aromatic rings. The molecule has 0 radical (unpaired) electrons. The second kappa shape index (κ2) is 9.56. The maximum Gasteiger partial charge on any atom is 0.264 e. The van der Waals surface area contributed by atoms with Crippen molar-refractivity contribution >= 4 is 43.9 Å². The molecule has 2 heterocycles. The van der Waals surface area contributed by atoms with Gasteiger partial charge in [0.05, 0.1) is 17.0 Å². The summed E-state index contributed by atoms with van der Waals surface area (Å²) in [5, 5.41) is 16.0. The summed E-state index contributed by atoms with van der Waals surface area (Å²) in [7, 11) is -3.86. The standard InChI is InChI=1S/C22H22N6O3S2/c1-14-11-25-22(26-12-14)28-33(30,31)16-8-6-15(7-9-16)27-20(29)13-24-21-18(10-23)17-4-2-3-5-19(17)32-21/h6-9,11-12,24H,2-5,13H2,1H3,(H,27,29)(H,25,26,28). The Morgan fingerprint density at radius 1 is 1.15 bits per heavy atom. The Balaban J connectivity index is 1.36. The molecule has 0 saturated heterocycles. The van der Waals surface area contributed by atoms with Crippen LogP contribution in [0.2, 0.25) is 0 Å². The summed E-state index contributed by atoms with van der Waals surface area (Å²) in [4.78, 5) is 21.5. The van der Waals surface area contributed by atoms with E-state index in [1.807, 2.05) is 0 Å². The molecule has 11 heteroatoms. The maximum absolute atomic E-state index is 12.5. The monoisotopic (exact) mass is 482 g/mol. The van der Waals surface area contributed by atoms with Gasteiger partial charge in [0.2, 0.25) is 11.9 Å². The molecule has 1 aromatic carbocycles. The lowest BCUT2D eigenvalue weighted by Gasteiger charge is -2.10. The number of nitriles is 1. The molecule has 33 heavy (non-hydrogen) atoms. The number of carbonyl (C=O) groups is 1. The van der Waals surface area contributed by atoms with Crippen LogP contribution in [-0.2, 0) is 27.7 Å². The molecule has 1 aliphatic carbocycles. The molecule has 0 spiro atoms. The zero-order valence-corrected chi connectivity index (χ0v) is 19.5. The number of carbonyl (C=O) groups excluding carboxylic acids is 1. The van der Waals surface area contributed by atoms with Crippen LogP contribution in [0.3, 0.4) is 0 Å². The normalized spacial score (nSPS) is 13.0. The number of nitrogens with zero attached hydrogens (tertiary/aromatic N) is 3. The summed E-state index contributed by atoms with van der Waals surface area (Å²) in [5.41, 5.74) is 3.02. The van der Waals surface area contributed by atoms with Crippen LogP contribution in [0.5, 0.6) is 0 Å². The van der Waals surface area contributed by atoms with Crippen molar-refractivity contribution in [2.75, 3.05) is 21.9 Å². The highest BCUT2D eigenvalue weighted by molar-refractivity contribution is 7.92. The number of aryl methyl sites for hydroxylation is 2. The number of hydrogen-bond acceptors (Lipinski definition) is 8. The van der Waals surface area contributed by atoms with Crippen LogP contribution in [0, 0.1) is 18.3 Å². The van der Waals surface area contributed by atoms with Gasteiger partial charge in [-0.15, -0.1) is 11.3 Å². The Labute approximate surface area is 196 Å². The van der Waals surface area contributed by atoms with E-state index < -0.39 is 10.0 Å². The van der Waals surface area contributed by atoms with Crippen molar-refractivity contribution in [2.24, 2.45) is 0 Å². The van der Waals surface area contributed by atoms with Crippen LogP contribution in [0.1, 0.15) is 34.4 Å². The van der Waals surface area contributed by atoms with Crippen molar-refractivity contribution < 1.29 is 13.2 Å². The van der Waals surface area contributed by atoms with E-state index in [0.717, 1.165) is 41.8 Å². The summed E-state index contributed by atoms with van der Waals surface area (Å²) in [5.74, 6) is -0.317. The quantitative estimate of drug-likeness (QED) is 0.469. The van der Waals surface area contributed by atoms with Crippen molar-refractivity contribution in [3.8, 4) is 6.07 Å². The van der Waals surface area contributed by atoms with Gasteiger partial charge in [-0.05, 0) is 68.0 Å². The van der Waals surface area contributed by atoms with Gasteiger partial charge in [0, 0.05) is 23.0 Å². The Morgan fingerprint density at radius 2 is 1.85 bits per heavy atom. The van der Waals surface area contributed by atoms with Crippen molar-refractivity contribution in [3.63, 3.8) is 0 Å². The van der Waals surface area contributed by atoms with Crippen LogP contribution >= 0.6 is 11.3 Å². The molecule has 9 nitrogen and oxygen atoms in total.